The second-order valence-electron chi connectivity index (χ2n) is 10.4. The highest BCUT2D eigenvalue weighted by atomic mass is 32.2. The van der Waals surface area contributed by atoms with Crippen LogP contribution in [0.4, 0.5) is 0 Å². The van der Waals surface area contributed by atoms with Gasteiger partial charge in [0.05, 0.1) is 16.2 Å². The van der Waals surface area contributed by atoms with Crippen LogP contribution < -0.4 is 0 Å². The molecule has 1 aromatic rings. The van der Waals surface area contributed by atoms with Crippen molar-refractivity contribution in [2.24, 2.45) is 22.7 Å². The first kappa shape index (κ1) is 19.7. The first-order valence-electron chi connectivity index (χ1n) is 10.2. The molecule has 0 radical (unpaired) electrons. The van der Waals surface area contributed by atoms with E-state index in [0.717, 1.165) is 32.1 Å². The minimum absolute atomic E-state index is 0.0146. The maximum Gasteiger partial charge on any atom is 0.336 e. The van der Waals surface area contributed by atoms with E-state index in [1.807, 2.05) is 0 Å². The van der Waals surface area contributed by atoms with Crippen LogP contribution in [0.5, 0.6) is 5.75 Å². The second kappa shape index (κ2) is 5.74. The van der Waals surface area contributed by atoms with Crippen molar-refractivity contribution in [3.05, 3.63) is 23.3 Å². The van der Waals surface area contributed by atoms with Crippen molar-refractivity contribution in [2.45, 2.75) is 70.1 Å². The number of carboxylic acids is 1. The molecule has 0 unspecified atom stereocenters. The van der Waals surface area contributed by atoms with Crippen LogP contribution in [-0.4, -0.2) is 30.4 Å². The number of hydrogen-bond acceptors (Lipinski definition) is 4. The summed E-state index contributed by atoms with van der Waals surface area (Å²) in [5.74, 6) is -1.16. The van der Waals surface area contributed by atoms with E-state index in [4.69, 9.17) is 0 Å². The highest BCUT2D eigenvalue weighted by molar-refractivity contribution is 7.91. The summed E-state index contributed by atoms with van der Waals surface area (Å²) in [5, 5.41) is 19.8. The number of aromatic hydroxyl groups is 1. The number of phenols is 1. The lowest BCUT2D eigenvalue weighted by atomic mass is 9.42. The molecule has 28 heavy (non-hydrogen) atoms. The van der Waals surface area contributed by atoms with E-state index in [0.29, 0.717) is 11.5 Å². The van der Waals surface area contributed by atoms with Gasteiger partial charge in [-0.3, -0.25) is 0 Å². The summed E-state index contributed by atoms with van der Waals surface area (Å²) in [6, 6.07) is 2.46. The molecule has 2 aliphatic carbocycles. The Kier molecular flexibility index (Phi) is 4.05. The van der Waals surface area contributed by atoms with E-state index in [9.17, 15) is 23.4 Å². The molecule has 0 aromatic heterocycles. The number of carbonyl (C=O) groups is 1. The fourth-order valence-corrected chi connectivity index (χ4v) is 9.56. The molecule has 0 amide bonds. The van der Waals surface area contributed by atoms with Crippen molar-refractivity contribution in [3.63, 3.8) is 0 Å². The topological polar surface area (TPSA) is 91.7 Å². The molecule has 0 saturated heterocycles. The zero-order chi connectivity index (χ0) is 20.7. The highest BCUT2D eigenvalue weighted by Crippen LogP contribution is 2.66. The Morgan fingerprint density at radius 1 is 1.07 bits per heavy atom. The summed E-state index contributed by atoms with van der Waals surface area (Å²) >= 11 is 0. The van der Waals surface area contributed by atoms with Crippen molar-refractivity contribution < 1.29 is 23.4 Å². The van der Waals surface area contributed by atoms with Crippen LogP contribution in [-0.2, 0) is 15.3 Å². The number of phenolic OH excluding ortho intramolecular Hbond substituents is 1. The Bertz CT molecular complexity index is 963. The Hall–Kier alpha value is -1.56. The Labute approximate surface area is 167 Å². The van der Waals surface area contributed by atoms with Gasteiger partial charge in [-0.05, 0) is 71.5 Å². The van der Waals surface area contributed by atoms with E-state index in [2.05, 4.69) is 27.7 Å². The standard InChI is InChI=1S/C22H30O5S/c1-20(2)7-5-8-21(3)16(20)6-9-22(4)17(21)12-28(26,27)15-11-13(23)10-14(18(15)22)19(24)25/h10-11,16-17,23H,5-9,12H2,1-4H3,(H,24,25)/t16-,17+,21-,22+/m0/s1. The molecule has 1 heterocycles. The van der Waals surface area contributed by atoms with Gasteiger partial charge in [-0.15, -0.1) is 0 Å². The number of fused-ring (bicyclic) bond motifs is 5. The zero-order valence-electron chi connectivity index (χ0n) is 17.1. The fourth-order valence-electron chi connectivity index (χ4n) is 7.24. The number of benzene rings is 1. The summed E-state index contributed by atoms with van der Waals surface area (Å²) in [5.41, 5.74) is -0.170. The SMILES string of the molecule is CC1(C)CCC[C@]2(C)[C@H]3CS(=O)(=O)c4cc(O)cc(C(=O)O)c4[C@]3(C)CC[C@@H]12. The normalized spacial score (nSPS) is 38.0. The van der Waals surface area contributed by atoms with Crippen molar-refractivity contribution in [3.8, 4) is 5.75 Å². The molecule has 154 valence electrons. The van der Waals surface area contributed by atoms with Crippen molar-refractivity contribution >= 4 is 15.8 Å². The monoisotopic (exact) mass is 406 g/mol. The minimum Gasteiger partial charge on any atom is -0.508 e. The van der Waals surface area contributed by atoms with E-state index in [1.54, 1.807) is 0 Å². The molecule has 4 atom stereocenters. The summed E-state index contributed by atoms with van der Waals surface area (Å²) in [7, 11) is -3.68. The van der Waals surface area contributed by atoms with Crippen molar-refractivity contribution in [1.29, 1.82) is 0 Å². The third kappa shape index (κ3) is 2.49. The molecule has 1 aliphatic heterocycles. The van der Waals surface area contributed by atoms with E-state index < -0.39 is 21.2 Å². The Balaban J connectivity index is 1.99. The predicted octanol–water partition coefficient (Wildman–Crippen LogP) is 4.38. The van der Waals surface area contributed by atoms with Crippen molar-refractivity contribution in [2.75, 3.05) is 5.75 Å². The maximum absolute atomic E-state index is 13.3. The molecule has 2 fully saturated rings. The molecule has 2 saturated carbocycles. The number of aromatic carboxylic acids is 1. The van der Waals surface area contributed by atoms with Crippen LogP contribution in [0.15, 0.2) is 17.0 Å². The number of carboxylic acid groups (broad SMARTS) is 1. The van der Waals surface area contributed by atoms with Crippen LogP contribution in [0.3, 0.4) is 0 Å². The van der Waals surface area contributed by atoms with Crippen molar-refractivity contribution in [1.82, 2.24) is 0 Å². The van der Waals surface area contributed by atoms with Gasteiger partial charge in [-0.25, -0.2) is 13.2 Å². The Morgan fingerprint density at radius 2 is 1.75 bits per heavy atom. The van der Waals surface area contributed by atoms with Gasteiger partial charge in [0.25, 0.3) is 0 Å². The van der Waals surface area contributed by atoms with Gasteiger partial charge in [-0.1, -0.05) is 34.1 Å². The first-order chi connectivity index (χ1) is 12.8. The summed E-state index contributed by atoms with van der Waals surface area (Å²) in [6.07, 6.45) is 4.94. The predicted molar refractivity (Wildman–Crippen MR) is 106 cm³/mol. The number of sulfone groups is 1. The van der Waals surface area contributed by atoms with Gasteiger partial charge in [0.15, 0.2) is 9.84 Å². The average molecular weight is 407 g/mol. The zero-order valence-corrected chi connectivity index (χ0v) is 17.9. The third-order valence-corrected chi connectivity index (χ3v) is 10.2. The van der Waals surface area contributed by atoms with Gasteiger partial charge in [-0.2, -0.15) is 0 Å². The van der Waals surface area contributed by atoms with Gasteiger partial charge in [0.1, 0.15) is 5.75 Å². The molecule has 3 aliphatic rings. The number of hydrogen-bond donors (Lipinski definition) is 2. The molecule has 2 N–H and O–H groups in total. The molecule has 4 rings (SSSR count). The minimum atomic E-state index is -3.68. The molecule has 6 heteroatoms. The van der Waals surface area contributed by atoms with Crippen LogP contribution in [0.2, 0.25) is 0 Å². The third-order valence-electron chi connectivity index (χ3n) is 8.40. The smallest absolute Gasteiger partial charge is 0.336 e. The largest absolute Gasteiger partial charge is 0.508 e. The van der Waals surface area contributed by atoms with Gasteiger partial charge < -0.3 is 10.2 Å². The molecule has 0 spiro atoms. The Morgan fingerprint density at radius 3 is 2.39 bits per heavy atom. The lowest BCUT2D eigenvalue weighted by molar-refractivity contribution is -0.0982. The van der Waals surface area contributed by atoms with Gasteiger partial charge in [0.2, 0.25) is 0 Å². The number of rotatable bonds is 1. The molecule has 1 aromatic carbocycles. The first-order valence-corrected chi connectivity index (χ1v) is 11.8. The van der Waals surface area contributed by atoms with E-state index >= 15 is 0 Å². The summed E-state index contributed by atoms with van der Waals surface area (Å²) in [4.78, 5) is 12.0. The fraction of sp³-hybridized carbons (Fsp3) is 0.682. The molecule has 5 nitrogen and oxygen atoms in total. The molecular formula is C22H30O5S. The summed E-state index contributed by atoms with van der Waals surface area (Å²) < 4.78 is 26.5. The average Bonchev–Trinajstić information content (AvgIpc) is 2.55. The quantitative estimate of drug-likeness (QED) is 0.722. The lowest BCUT2D eigenvalue weighted by Crippen LogP contribution is -2.60. The maximum atomic E-state index is 13.3. The van der Waals surface area contributed by atoms with Gasteiger partial charge in [0, 0.05) is 0 Å². The molecule has 0 bridgehead atoms. The van der Waals surface area contributed by atoms with E-state index in [-0.39, 0.29) is 38.7 Å². The van der Waals surface area contributed by atoms with E-state index in [1.165, 1.54) is 12.1 Å². The van der Waals surface area contributed by atoms with Crippen LogP contribution in [0, 0.1) is 22.7 Å². The van der Waals surface area contributed by atoms with Crippen LogP contribution >= 0.6 is 0 Å². The lowest BCUT2D eigenvalue weighted by Gasteiger charge is -2.63. The van der Waals surface area contributed by atoms with Crippen LogP contribution in [0.1, 0.15) is 75.7 Å². The second-order valence-corrected chi connectivity index (χ2v) is 12.4. The molecular weight excluding hydrogens is 376 g/mol. The summed E-state index contributed by atoms with van der Waals surface area (Å²) in [6.45, 7) is 8.88. The highest BCUT2D eigenvalue weighted by Gasteiger charge is 2.62. The van der Waals surface area contributed by atoms with Gasteiger partial charge >= 0.3 is 5.97 Å². The van der Waals surface area contributed by atoms with Crippen LogP contribution in [0.25, 0.3) is 0 Å².